The fourth-order valence-corrected chi connectivity index (χ4v) is 7.02. The van der Waals surface area contributed by atoms with Crippen molar-refractivity contribution < 1.29 is 9.59 Å². The third-order valence-electron chi connectivity index (χ3n) is 8.36. The first-order valence-electron chi connectivity index (χ1n) is 13.6. The molecule has 1 saturated carbocycles. The summed E-state index contributed by atoms with van der Waals surface area (Å²) in [6.45, 7) is 4.46. The van der Waals surface area contributed by atoms with Gasteiger partial charge in [-0.3, -0.25) is 14.5 Å². The summed E-state index contributed by atoms with van der Waals surface area (Å²) in [6, 6.07) is 9.74. The van der Waals surface area contributed by atoms with Crippen LogP contribution < -0.4 is 10.6 Å². The summed E-state index contributed by atoms with van der Waals surface area (Å²) in [5, 5.41) is 9.30. The lowest BCUT2D eigenvalue weighted by atomic mass is 9.82. The molecule has 1 aliphatic carbocycles. The monoisotopic (exact) mass is 581 g/mol. The average molecular weight is 583 g/mol. The van der Waals surface area contributed by atoms with Crippen molar-refractivity contribution in [3.8, 4) is 11.3 Å². The van der Waals surface area contributed by atoms with Gasteiger partial charge in [0, 0.05) is 30.1 Å². The fourth-order valence-electron chi connectivity index (χ4n) is 6.09. The number of thiazole rings is 1. The highest BCUT2D eigenvalue weighted by Gasteiger charge is 2.44. The molecule has 2 N–H and O–H groups in total. The summed E-state index contributed by atoms with van der Waals surface area (Å²) in [7, 11) is 1.78. The number of carbonyl (C=O) groups is 2. The molecule has 0 bridgehead atoms. The Bertz CT molecular complexity index is 1050. The van der Waals surface area contributed by atoms with E-state index >= 15 is 0 Å². The number of aromatic nitrogens is 1. The van der Waals surface area contributed by atoms with Gasteiger partial charge in [-0.05, 0) is 52.1 Å². The molecule has 10 heteroatoms. The third kappa shape index (κ3) is 6.70. The SMILES string of the molecule is CN[C@@H](C)C(=O)N[C@H](C(=O)N1C[C@H]2CCCN2C[C@H]1c1nc(-c2ccccc2)cs1)C1CCCCC1.Cl.Cl. The lowest BCUT2D eigenvalue weighted by molar-refractivity contribution is -0.144. The molecule has 1 aromatic carbocycles. The lowest BCUT2D eigenvalue weighted by Gasteiger charge is -2.45. The molecule has 2 aromatic rings. The third-order valence-corrected chi connectivity index (χ3v) is 9.31. The number of halogens is 2. The maximum atomic E-state index is 14.3. The summed E-state index contributed by atoms with van der Waals surface area (Å²) in [6.07, 6.45) is 7.75. The van der Waals surface area contributed by atoms with Crippen LogP contribution in [-0.4, -0.2) is 71.4 Å². The van der Waals surface area contributed by atoms with E-state index in [2.05, 4.69) is 37.9 Å². The predicted molar refractivity (Wildman–Crippen MR) is 158 cm³/mol. The Balaban J connectivity index is 0.00000200. The molecule has 1 aromatic heterocycles. The van der Waals surface area contributed by atoms with Crippen LogP contribution in [0.15, 0.2) is 35.7 Å². The number of hydrogen-bond donors (Lipinski definition) is 2. The molecule has 3 aliphatic rings. The summed E-state index contributed by atoms with van der Waals surface area (Å²) >= 11 is 1.65. The minimum atomic E-state index is -0.474. The van der Waals surface area contributed by atoms with Crippen LogP contribution in [0.4, 0.5) is 0 Å². The number of rotatable bonds is 7. The number of amides is 2. The van der Waals surface area contributed by atoms with E-state index in [1.165, 1.54) is 12.8 Å². The van der Waals surface area contributed by atoms with Crippen molar-refractivity contribution in [3.05, 3.63) is 40.7 Å². The van der Waals surface area contributed by atoms with Gasteiger partial charge in [-0.15, -0.1) is 36.2 Å². The number of piperazine rings is 1. The van der Waals surface area contributed by atoms with Crippen LogP contribution in [0, 0.1) is 5.92 Å². The molecular formula is C28H41Cl2N5O2S. The molecule has 4 atom stereocenters. The molecule has 210 valence electrons. The van der Waals surface area contributed by atoms with Crippen molar-refractivity contribution >= 4 is 48.0 Å². The van der Waals surface area contributed by atoms with Crippen LogP contribution in [0.3, 0.4) is 0 Å². The van der Waals surface area contributed by atoms with E-state index in [-0.39, 0.29) is 54.6 Å². The first-order valence-corrected chi connectivity index (χ1v) is 14.5. The van der Waals surface area contributed by atoms with Gasteiger partial charge in [0.2, 0.25) is 11.8 Å². The number of nitrogens with zero attached hydrogens (tertiary/aromatic N) is 3. The molecule has 0 radical (unpaired) electrons. The molecule has 2 saturated heterocycles. The van der Waals surface area contributed by atoms with E-state index in [1.807, 2.05) is 25.1 Å². The molecule has 3 fully saturated rings. The van der Waals surface area contributed by atoms with E-state index < -0.39 is 6.04 Å². The van der Waals surface area contributed by atoms with Crippen molar-refractivity contribution in [3.63, 3.8) is 0 Å². The van der Waals surface area contributed by atoms with Gasteiger partial charge < -0.3 is 15.5 Å². The van der Waals surface area contributed by atoms with Gasteiger partial charge in [-0.1, -0.05) is 49.6 Å². The second-order valence-electron chi connectivity index (χ2n) is 10.6. The maximum absolute atomic E-state index is 14.3. The quantitative estimate of drug-likeness (QED) is 0.496. The predicted octanol–water partition coefficient (Wildman–Crippen LogP) is 4.67. The standard InChI is InChI=1S/C28H39N5O2S.2ClH/c1-19(29-2)26(34)31-25(21-12-7-4-8-13-21)28(35)33-16-22-14-9-15-32(22)17-24(33)27-30-23(18-36-27)20-10-5-3-6-11-20;;/h3,5-6,10-11,18-19,21-22,24-25,29H,4,7-9,12-17H2,1-2H3,(H,31,34);2*1H/t19-,22+,24-,25-;;/m0../s1. The van der Waals surface area contributed by atoms with E-state index in [1.54, 1.807) is 18.4 Å². The number of hydrogen-bond acceptors (Lipinski definition) is 6. The highest BCUT2D eigenvalue weighted by molar-refractivity contribution is 7.10. The lowest BCUT2D eigenvalue weighted by Crippen LogP contribution is -2.60. The van der Waals surface area contributed by atoms with Crippen molar-refractivity contribution in [1.82, 2.24) is 25.4 Å². The van der Waals surface area contributed by atoms with Gasteiger partial charge in [0.05, 0.1) is 17.8 Å². The van der Waals surface area contributed by atoms with Gasteiger partial charge in [-0.2, -0.15) is 0 Å². The topological polar surface area (TPSA) is 77.6 Å². The Morgan fingerprint density at radius 1 is 1.03 bits per heavy atom. The zero-order chi connectivity index (χ0) is 25.1. The van der Waals surface area contributed by atoms with Crippen LogP contribution in [0.2, 0.25) is 0 Å². The molecule has 5 rings (SSSR count). The normalized spacial score (nSPS) is 23.5. The zero-order valence-electron chi connectivity index (χ0n) is 22.3. The number of carbonyl (C=O) groups excluding carboxylic acids is 2. The van der Waals surface area contributed by atoms with Crippen LogP contribution >= 0.6 is 36.2 Å². The van der Waals surface area contributed by atoms with Crippen molar-refractivity contribution in [2.45, 2.75) is 76.0 Å². The van der Waals surface area contributed by atoms with Crippen molar-refractivity contribution in [2.75, 3.05) is 26.7 Å². The number of fused-ring (bicyclic) bond motifs is 1. The van der Waals surface area contributed by atoms with Crippen molar-refractivity contribution in [1.29, 1.82) is 0 Å². The first-order chi connectivity index (χ1) is 17.5. The highest BCUT2D eigenvalue weighted by Crippen LogP contribution is 2.37. The summed E-state index contributed by atoms with van der Waals surface area (Å²) in [4.78, 5) is 36.9. The van der Waals surface area contributed by atoms with Gasteiger partial charge in [0.25, 0.3) is 0 Å². The van der Waals surface area contributed by atoms with Gasteiger partial charge in [0.15, 0.2) is 0 Å². The van der Waals surface area contributed by atoms with E-state index in [9.17, 15) is 9.59 Å². The second kappa shape index (κ2) is 14.1. The minimum absolute atomic E-state index is 0. The highest BCUT2D eigenvalue weighted by atomic mass is 35.5. The number of likely N-dealkylation sites (N-methyl/N-ethyl adjacent to an activating group) is 1. The van der Waals surface area contributed by atoms with Gasteiger partial charge in [0.1, 0.15) is 11.0 Å². The van der Waals surface area contributed by atoms with Crippen LogP contribution in [0.5, 0.6) is 0 Å². The Labute approximate surface area is 243 Å². The molecule has 2 amide bonds. The molecule has 0 spiro atoms. The average Bonchev–Trinajstić information content (AvgIpc) is 3.60. The number of nitrogens with one attached hydrogen (secondary N) is 2. The largest absolute Gasteiger partial charge is 0.343 e. The van der Waals surface area contributed by atoms with Gasteiger partial charge >= 0.3 is 0 Å². The number of benzene rings is 1. The minimum Gasteiger partial charge on any atom is -0.343 e. The molecule has 38 heavy (non-hydrogen) atoms. The molecule has 7 nitrogen and oxygen atoms in total. The van der Waals surface area contributed by atoms with E-state index in [4.69, 9.17) is 4.98 Å². The Morgan fingerprint density at radius 3 is 2.47 bits per heavy atom. The molecular weight excluding hydrogens is 541 g/mol. The molecule has 0 unspecified atom stereocenters. The van der Waals surface area contributed by atoms with E-state index in [0.717, 1.165) is 61.5 Å². The Morgan fingerprint density at radius 2 is 1.76 bits per heavy atom. The van der Waals surface area contributed by atoms with Crippen LogP contribution in [-0.2, 0) is 9.59 Å². The molecule has 2 aliphatic heterocycles. The van der Waals surface area contributed by atoms with E-state index in [0.29, 0.717) is 12.6 Å². The van der Waals surface area contributed by atoms with Crippen LogP contribution in [0.25, 0.3) is 11.3 Å². The summed E-state index contributed by atoms with van der Waals surface area (Å²) in [5.74, 6) is 0.169. The first kappa shape index (κ1) is 30.8. The fraction of sp³-hybridized carbons (Fsp3) is 0.607. The van der Waals surface area contributed by atoms with Gasteiger partial charge in [-0.25, -0.2) is 4.98 Å². The Kier molecular flexibility index (Phi) is 11.4. The van der Waals surface area contributed by atoms with Crippen LogP contribution in [0.1, 0.15) is 62.9 Å². The van der Waals surface area contributed by atoms with Crippen molar-refractivity contribution in [2.24, 2.45) is 5.92 Å². The Hall–Kier alpha value is -1.71. The second-order valence-corrected chi connectivity index (χ2v) is 11.5. The summed E-state index contributed by atoms with van der Waals surface area (Å²) in [5.41, 5.74) is 2.06. The zero-order valence-corrected chi connectivity index (χ0v) is 24.8. The molecule has 3 heterocycles. The maximum Gasteiger partial charge on any atom is 0.246 e. The smallest absolute Gasteiger partial charge is 0.246 e. The summed E-state index contributed by atoms with van der Waals surface area (Å²) < 4.78 is 0.